The fraction of sp³-hybridized carbons (Fsp3) is 0.300. The molecule has 0 saturated carbocycles. The van der Waals surface area contributed by atoms with Gasteiger partial charge in [-0.1, -0.05) is 11.6 Å². The first-order valence-electron chi connectivity index (χ1n) is 8.93. The van der Waals surface area contributed by atoms with Gasteiger partial charge in [-0.3, -0.25) is 9.59 Å². The maximum atomic E-state index is 12.6. The average molecular weight is 387 g/mol. The van der Waals surface area contributed by atoms with Gasteiger partial charge in [0.1, 0.15) is 0 Å². The van der Waals surface area contributed by atoms with Gasteiger partial charge < -0.3 is 19.7 Å². The molecule has 0 aromatic heterocycles. The number of halogens is 1. The molecule has 2 aliphatic heterocycles. The lowest BCUT2D eigenvalue weighted by Gasteiger charge is -2.16. The van der Waals surface area contributed by atoms with Crippen LogP contribution in [0.15, 0.2) is 36.4 Å². The van der Waals surface area contributed by atoms with E-state index in [-0.39, 0.29) is 11.8 Å². The van der Waals surface area contributed by atoms with Crippen molar-refractivity contribution in [3.05, 3.63) is 47.0 Å². The molecule has 2 aromatic rings. The SMILES string of the molecule is O=C(Nc1cc2c(cc1Cl)OCCCO2)c1ccc(N2CCCC2=O)cc1. The van der Waals surface area contributed by atoms with Crippen molar-refractivity contribution in [2.45, 2.75) is 19.3 Å². The second-order valence-corrected chi connectivity index (χ2v) is 6.89. The Labute approximate surface area is 162 Å². The molecule has 0 radical (unpaired) electrons. The van der Waals surface area contributed by atoms with Crippen molar-refractivity contribution in [1.29, 1.82) is 0 Å². The molecule has 1 fully saturated rings. The van der Waals surface area contributed by atoms with Gasteiger partial charge in [0.05, 0.1) is 23.9 Å². The summed E-state index contributed by atoms with van der Waals surface area (Å²) in [6.07, 6.45) is 2.23. The van der Waals surface area contributed by atoms with Crippen molar-refractivity contribution >= 4 is 34.8 Å². The number of benzene rings is 2. The van der Waals surface area contributed by atoms with Crippen LogP contribution in [0.4, 0.5) is 11.4 Å². The van der Waals surface area contributed by atoms with E-state index in [0.29, 0.717) is 47.4 Å². The van der Waals surface area contributed by atoms with Crippen LogP contribution in [0.25, 0.3) is 0 Å². The summed E-state index contributed by atoms with van der Waals surface area (Å²) in [5, 5.41) is 3.19. The molecule has 4 rings (SSSR count). The molecule has 0 bridgehead atoms. The number of ether oxygens (including phenoxy) is 2. The molecular weight excluding hydrogens is 368 g/mol. The zero-order chi connectivity index (χ0) is 18.8. The number of amides is 2. The molecule has 2 aromatic carbocycles. The molecule has 0 spiro atoms. The van der Waals surface area contributed by atoms with Gasteiger partial charge in [0, 0.05) is 42.8 Å². The molecule has 0 unspecified atom stereocenters. The van der Waals surface area contributed by atoms with Crippen LogP contribution in [0.2, 0.25) is 5.02 Å². The van der Waals surface area contributed by atoms with Crippen molar-refractivity contribution in [2.24, 2.45) is 0 Å². The van der Waals surface area contributed by atoms with Gasteiger partial charge in [-0.15, -0.1) is 0 Å². The quantitative estimate of drug-likeness (QED) is 0.869. The third-order valence-corrected chi connectivity index (χ3v) is 4.91. The van der Waals surface area contributed by atoms with Gasteiger partial charge in [0.25, 0.3) is 5.91 Å². The van der Waals surface area contributed by atoms with E-state index in [1.54, 1.807) is 41.3 Å². The van der Waals surface area contributed by atoms with Gasteiger partial charge >= 0.3 is 0 Å². The van der Waals surface area contributed by atoms with Gasteiger partial charge in [0.15, 0.2) is 11.5 Å². The van der Waals surface area contributed by atoms with E-state index in [9.17, 15) is 9.59 Å². The molecule has 0 atom stereocenters. The van der Waals surface area contributed by atoms with Crippen LogP contribution < -0.4 is 19.7 Å². The predicted molar refractivity (Wildman–Crippen MR) is 103 cm³/mol. The first-order chi connectivity index (χ1) is 13.1. The van der Waals surface area contributed by atoms with E-state index in [0.717, 1.165) is 25.1 Å². The highest BCUT2D eigenvalue weighted by atomic mass is 35.5. The Morgan fingerprint density at radius 3 is 2.41 bits per heavy atom. The predicted octanol–water partition coefficient (Wildman–Crippen LogP) is 3.88. The molecule has 2 amide bonds. The minimum Gasteiger partial charge on any atom is -0.490 e. The third kappa shape index (κ3) is 3.71. The molecule has 2 aliphatic rings. The third-order valence-electron chi connectivity index (χ3n) is 4.60. The molecule has 6 nitrogen and oxygen atoms in total. The number of rotatable bonds is 3. The molecule has 2 heterocycles. The van der Waals surface area contributed by atoms with E-state index in [1.165, 1.54) is 0 Å². The van der Waals surface area contributed by atoms with E-state index >= 15 is 0 Å². The molecule has 7 heteroatoms. The van der Waals surface area contributed by atoms with Crippen LogP contribution in [-0.4, -0.2) is 31.6 Å². The van der Waals surface area contributed by atoms with Crippen molar-refractivity contribution in [3.8, 4) is 11.5 Å². The number of carbonyl (C=O) groups excluding carboxylic acids is 2. The lowest BCUT2D eigenvalue weighted by atomic mass is 10.1. The fourth-order valence-corrected chi connectivity index (χ4v) is 3.39. The highest BCUT2D eigenvalue weighted by molar-refractivity contribution is 6.34. The lowest BCUT2D eigenvalue weighted by molar-refractivity contribution is -0.117. The van der Waals surface area contributed by atoms with Crippen molar-refractivity contribution in [2.75, 3.05) is 30.0 Å². The maximum absolute atomic E-state index is 12.6. The Hall–Kier alpha value is -2.73. The molecule has 0 aliphatic carbocycles. The zero-order valence-corrected chi connectivity index (χ0v) is 15.4. The first kappa shape index (κ1) is 17.7. The Bertz CT molecular complexity index is 882. The molecule has 27 heavy (non-hydrogen) atoms. The number of hydrogen-bond donors (Lipinski definition) is 1. The summed E-state index contributed by atoms with van der Waals surface area (Å²) in [4.78, 5) is 26.1. The summed E-state index contributed by atoms with van der Waals surface area (Å²) in [5.74, 6) is 0.974. The lowest BCUT2D eigenvalue weighted by Crippen LogP contribution is -2.23. The number of nitrogens with zero attached hydrogens (tertiary/aromatic N) is 1. The Morgan fingerprint density at radius 1 is 1.04 bits per heavy atom. The number of anilines is 2. The summed E-state index contributed by atoms with van der Waals surface area (Å²) in [7, 11) is 0. The van der Waals surface area contributed by atoms with Crippen LogP contribution in [-0.2, 0) is 4.79 Å². The number of nitrogens with one attached hydrogen (secondary N) is 1. The summed E-state index contributed by atoms with van der Waals surface area (Å²) in [5.41, 5.74) is 1.75. The van der Waals surface area contributed by atoms with Gasteiger partial charge in [-0.2, -0.15) is 0 Å². The van der Waals surface area contributed by atoms with E-state index in [2.05, 4.69) is 5.32 Å². The summed E-state index contributed by atoms with van der Waals surface area (Å²) in [6.45, 7) is 1.84. The largest absolute Gasteiger partial charge is 0.490 e. The topological polar surface area (TPSA) is 67.9 Å². The highest BCUT2D eigenvalue weighted by Crippen LogP contribution is 2.37. The van der Waals surface area contributed by atoms with Crippen LogP contribution in [0.5, 0.6) is 11.5 Å². The zero-order valence-electron chi connectivity index (χ0n) is 14.7. The number of carbonyl (C=O) groups is 2. The van der Waals surface area contributed by atoms with E-state index in [1.807, 2.05) is 0 Å². The standard InChI is InChI=1S/C20H19ClN2O4/c21-15-11-17-18(27-10-2-9-26-17)12-16(15)22-20(25)13-4-6-14(7-5-13)23-8-1-3-19(23)24/h4-7,11-12H,1-3,8-10H2,(H,22,25). The van der Waals surface area contributed by atoms with E-state index in [4.69, 9.17) is 21.1 Å². The smallest absolute Gasteiger partial charge is 0.255 e. The summed E-state index contributed by atoms with van der Waals surface area (Å²) < 4.78 is 11.2. The minimum atomic E-state index is -0.286. The molecular formula is C20H19ClN2O4. The second kappa shape index (κ2) is 7.48. The van der Waals surface area contributed by atoms with Crippen LogP contribution in [0.3, 0.4) is 0 Å². The van der Waals surface area contributed by atoms with Crippen LogP contribution in [0, 0.1) is 0 Å². The van der Waals surface area contributed by atoms with Gasteiger partial charge in [-0.05, 0) is 30.7 Å². The molecule has 140 valence electrons. The average Bonchev–Trinajstić information content (AvgIpc) is 2.97. The normalized spacial score (nSPS) is 16.2. The Morgan fingerprint density at radius 2 is 1.74 bits per heavy atom. The van der Waals surface area contributed by atoms with Crippen molar-refractivity contribution in [1.82, 2.24) is 0 Å². The summed E-state index contributed by atoms with van der Waals surface area (Å²) >= 11 is 6.28. The highest BCUT2D eigenvalue weighted by Gasteiger charge is 2.22. The Balaban J connectivity index is 1.50. The summed E-state index contributed by atoms with van der Waals surface area (Å²) in [6, 6.07) is 10.3. The fourth-order valence-electron chi connectivity index (χ4n) is 3.19. The molecule has 1 N–H and O–H groups in total. The monoisotopic (exact) mass is 386 g/mol. The van der Waals surface area contributed by atoms with E-state index < -0.39 is 0 Å². The minimum absolute atomic E-state index is 0.117. The van der Waals surface area contributed by atoms with Crippen LogP contribution >= 0.6 is 11.6 Å². The Kier molecular flexibility index (Phi) is 4.90. The van der Waals surface area contributed by atoms with Crippen molar-refractivity contribution < 1.29 is 19.1 Å². The van der Waals surface area contributed by atoms with Gasteiger partial charge in [0.2, 0.25) is 5.91 Å². The second-order valence-electron chi connectivity index (χ2n) is 6.48. The number of hydrogen-bond acceptors (Lipinski definition) is 4. The van der Waals surface area contributed by atoms with Gasteiger partial charge in [-0.25, -0.2) is 0 Å². The van der Waals surface area contributed by atoms with Crippen LogP contribution in [0.1, 0.15) is 29.6 Å². The first-order valence-corrected chi connectivity index (χ1v) is 9.30. The van der Waals surface area contributed by atoms with Crippen molar-refractivity contribution in [3.63, 3.8) is 0 Å². The molecule has 1 saturated heterocycles. The maximum Gasteiger partial charge on any atom is 0.255 e. The number of fused-ring (bicyclic) bond motifs is 1.